The Morgan fingerprint density at radius 3 is 2.40 bits per heavy atom. The number of benzene rings is 1. The Morgan fingerprint density at radius 1 is 1.05 bits per heavy atom. The van der Waals surface area contributed by atoms with Crippen molar-refractivity contribution in [2.75, 3.05) is 18.9 Å². The van der Waals surface area contributed by atoms with Crippen molar-refractivity contribution in [2.24, 2.45) is 0 Å². The number of nitrogen functional groups attached to an aromatic ring is 1. The van der Waals surface area contributed by atoms with Gasteiger partial charge in [0.1, 0.15) is 5.75 Å². The molecule has 0 saturated carbocycles. The van der Waals surface area contributed by atoms with E-state index in [1.807, 2.05) is 31.2 Å². The van der Waals surface area contributed by atoms with Crippen molar-refractivity contribution in [1.29, 1.82) is 0 Å². The Bertz CT molecular complexity index is 376. The first-order chi connectivity index (χ1) is 9.72. The lowest BCUT2D eigenvalue weighted by molar-refractivity contribution is -0.143. The van der Waals surface area contributed by atoms with Gasteiger partial charge in [0.15, 0.2) is 0 Å². The first kappa shape index (κ1) is 16.3. The molecule has 0 aromatic heterocycles. The number of carbonyl (C=O) groups is 1. The number of hydrogen-bond acceptors (Lipinski definition) is 4. The molecule has 0 radical (unpaired) electrons. The van der Waals surface area contributed by atoms with Gasteiger partial charge in [0.2, 0.25) is 0 Å². The second-order valence-electron chi connectivity index (χ2n) is 4.74. The highest BCUT2D eigenvalue weighted by Gasteiger charge is 2.00. The van der Waals surface area contributed by atoms with Crippen LogP contribution in [0.1, 0.15) is 45.4 Å². The smallest absolute Gasteiger partial charge is 0.305 e. The second kappa shape index (κ2) is 10.1. The van der Waals surface area contributed by atoms with Crippen LogP contribution in [-0.2, 0) is 9.53 Å². The highest BCUT2D eigenvalue weighted by atomic mass is 16.5. The van der Waals surface area contributed by atoms with Crippen molar-refractivity contribution < 1.29 is 14.3 Å². The van der Waals surface area contributed by atoms with Crippen LogP contribution in [0.5, 0.6) is 5.75 Å². The molecule has 112 valence electrons. The minimum atomic E-state index is -0.0841. The fourth-order valence-corrected chi connectivity index (χ4v) is 1.89. The Morgan fingerprint density at radius 2 is 1.70 bits per heavy atom. The summed E-state index contributed by atoms with van der Waals surface area (Å²) in [6, 6.07) is 7.44. The van der Waals surface area contributed by atoms with Crippen LogP contribution in [0, 0.1) is 0 Å². The molecule has 1 aromatic rings. The highest BCUT2D eigenvalue weighted by Crippen LogP contribution is 2.14. The Kier molecular flexibility index (Phi) is 8.27. The van der Waals surface area contributed by atoms with Crippen LogP contribution in [0.2, 0.25) is 0 Å². The topological polar surface area (TPSA) is 61.5 Å². The van der Waals surface area contributed by atoms with Crippen molar-refractivity contribution in [3.63, 3.8) is 0 Å². The van der Waals surface area contributed by atoms with Gasteiger partial charge in [0.25, 0.3) is 0 Å². The summed E-state index contributed by atoms with van der Waals surface area (Å²) in [5.74, 6) is 0.778. The largest absolute Gasteiger partial charge is 0.494 e. The molecule has 0 aliphatic heterocycles. The van der Waals surface area contributed by atoms with E-state index in [9.17, 15) is 4.79 Å². The Hall–Kier alpha value is -1.71. The quantitative estimate of drug-likeness (QED) is 0.404. The summed E-state index contributed by atoms with van der Waals surface area (Å²) in [5, 5.41) is 0. The third kappa shape index (κ3) is 7.67. The number of anilines is 1. The highest BCUT2D eigenvalue weighted by molar-refractivity contribution is 5.69. The molecule has 2 N–H and O–H groups in total. The van der Waals surface area contributed by atoms with Gasteiger partial charge in [-0.05, 0) is 44.0 Å². The Balaban J connectivity index is 1.92. The molecule has 0 atom stereocenters. The van der Waals surface area contributed by atoms with Crippen molar-refractivity contribution in [3.05, 3.63) is 24.3 Å². The predicted molar refractivity (Wildman–Crippen MR) is 80.7 cm³/mol. The third-order valence-electron chi connectivity index (χ3n) is 2.98. The summed E-state index contributed by atoms with van der Waals surface area (Å²) in [4.78, 5) is 11.1. The number of nitrogens with two attached hydrogens (primary N) is 1. The molecule has 0 fully saturated rings. The van der Waals surface area contributed by atoms with Gasteiger partial charge < -0.3 is 15.2 Å². The van der Waals surface area contributed by atoms with Gasteiger partial charge in [-0.2, -0.15) is 0 Å². The van der Waals surface area contributed by atoms with E-state index < -0.39 is 0 Å². The molecule has 0 heterocycles. The third-order valence-corrected chi connectivity index (χ3v) is 2.98. The van der Waals surface area contributed by atoms with E-state index in [2.05, 4.69) is 0 Å². The van der Waals surface area contributed by atoms with Crippen molar-refractivity contribution in [3.8, 4) is 5.75 Å². The molecule has 0 spiro atoms. The summed E-state index contributed by atoms with van der Waals surface area (Å²) < 4.78 is 10.5. The first-order valence-corrected chi connectivity index (χ1v) is 7.36. The average Bonchev–Trinajstić information content (AvgIpc) is 2.44. The molecule has 1 aromatic carbocycles. The van der Waals surface area contributed by atoms with Crippen molar-refractivity contribution in [1.82, 2.24) is 0 Å². The number of hydrogen-bond donors (Lipinski definition) is 1. The SMILES string of the molecule is CCOC(=O)CCCCCCCOc1ccc(N)cc1. The van der Waals surface area contributed by atoms with E-state index in [0.717, 1.165) is 50.1 Å². The van der Waals surface area contributed by atoms with Gasteiger partial charge in [0, 0.05) is 12.1 Å². The molecule has 0 aliphatic carbocycles. The molecule has 1 rings (SSSR count). The zero-order chi connectivity index (χ0) is 14.6. The summed E-state index contributed by atoms with van der Waals surface area (Å²) in [6.07, 6.45) is 5.81. The van der Waals surface area contributed by atoms with Crippen LogP contribution < -0.4 is 10.5 Å². The lowest BCUT2D eigenvalue weighted by Gasteiger charge is -2.06. The van der Waals surface area contributed by atoms with Gasteiger partial charge in [-0.15, -0.1) is 0 Å². The molecule has 4 heteroatoms. The van der Waals surface area contributed by atoms with E-state index >= 15 is 0 Å². The zero-order valence-corrected chi connectivity index (χ0v) is 12.3. The van der Waals surface area contributed by atoms with Crippen LogP contribution in [0.3, 0.4) is 0 Å². The van der Waals surface area contributed by atoms with Crippen LogP contribution in [-0.4, -0.2) is 19.2 Å². The molecular formula is C16H25NO3. The van der Waals surface area contributed by atoms with Gasteiger partial charge in [0.05, 0.1) is 13.2 Å². The normalized spacial score (nSPS) is 10.2. The van der Waals surface area contributed by atoms with E-state index in [4.69, 9.17) is 15.2 Å². The minimum absolute atomic E-state index is 0.0841. The molecule has 0 aliphatic rings. The number of esters is 1. The average molecular weight is 279 g/mol. The van der Waals surface area contributed by atoms with Gasteiger partial charge in [-0.1, -0.05) is 19.3 Å². The van der Waals surface area contributed by atoms with E-state index in [0.29, 0.717) is 13.0 Å². The number of unbranched alkanes of at least 4 members (excludes halogenated alkanes) is 4. The van der Waals surface area contributed by atoms with Gasteiger partial charge in [-0.25, -0.2) is 0 Å². The van der Waals surface area contributed by atoms with E-state index in [1.165, 1.54) is 0 Å². The first-order valence-electron chi connectivity index (χ1n) is 7.36. The lowest BCUT2D eigenvalue weighted by atomic mass is 10.1. The lowest BCUT2D eigenvalue weighted by Crippen LogP contribution is -2.03. The fourth-order valence-electron chi connectivity index (χ4n) is 1.89. The Labute approximate surface area is 121 Å². The van der Waals surface area contributed by atoms with Crippen LogP contribution in [0.15, 0.2) is 24.3 Å². The molecular weight excluding hydrogens is 254 g/mol. The number of ether oxygens (including phenoxy) is 2. The van der Waals surface area contributed by atoms with Crippen LogP contribution >= 0.6 is 0 Å². The van der Waals surface area contributed by atoms with E-state index in [1.54, 1.807) is 0 Å². The summed E-state index contributed by atoms with van der Waals surface area (Å²) in [5.41, 5.74) is 6.35. The fraction of sp³-hybridized carbons (Fsp3) is 0.562. The zero-order valence-electron chi connectivity index (χ0n) is 12.3. The molecule has 0 unspecified atom stereocenters. The maximum absolute atomic E-state index is 11.1. The second-order valence-corrected chi connectivity index (χ2v) is 4.74. The summed E-state index contributed by atoms with van der Waals surface area (Å²) in [7, 11) is 0. The van der Waals surface area contributed by atoms with E-state index in [-0.39, 0.29) is 5.97 Å². The van der Waals surface area contributed by atoms with Crippen LogP contribution in [0.4, 0.5) is 5.69 Å². The standard InChI is InChI=1S/C16H25NO3/c1-2-19-16(18)8-6-4-3-5-7-13-20-15-11-9-14(17)10-12-15/h9-12H,2-8,13,17H2,1H3. The van der Waals surface area contributed by atoms with Gasteiger partial charge in [-0.3, -0.25) is 4.79 Å². The summed E-state index contributed by atoms with van der Waals surface area (Å²) >= 11 is 0. The molecule has 0 saturated heterocycles. The molecule has 0 amide bonds. The maximum atomic E-state index is 11.1. The molecule has 4 nitrogen and oxygen atoms in total. The number of carbonyl (C=O) groups excluding carboxylic acids is 1. The maximum Gasteiger partial charge on any atom is 0.305 e. The monoisotopic (exact) mass is 279 g/mol. The van der Waals surface area contributed by atoms with Crippen molar-refractivity contribution in [2.45, 2.75) is 45.4 Å². The van der Waals surface area contributed by atoms with Crippen molar-refractivity contribution >= 4 is 11.7 Å². The van der Waals surface area contributed by atoms with Gasteiger partial charge >= 0.3 is 5.97 Å². The summed E-state index contributed by atoms with van der Waals surface area (Å²) in [6.45, 7) is 3.03. The predicted octanol–water partition coefficient (Wildman–Crippen LogP) is 3.55. The molecule has 0 bridgehead atoms. The molecule has 20 heavy (non-hydrogen) atoms. The number of rotatable bonds is 10. The minimum Gasteiger partial charge on any atom is -0.494 e. The van der Waals surface area contributed by atoms with Crippen LogP contribution in [0.25, 0.3) is 0 Å².